The summed E-state index contributed by atoms with van der Waals surface area (Å²) < 4.78 is 45.3. The van der Waals surface area contributed by atoms with Crippen LogP contribution < -0.4 is 5.32 Å². The molecule has 0 spiro atoms. The molecule has 1 amide bonds. The predicted molar refractivity (Wildman–Crippen MR) is 122 cm³/mol. The van der Waals surface area contributed by atoms with E-state index in [1.807, 2.05) is 12.3 Å². The second kappa shape index (κ2) is 8.67. The molecule has 0 aromatic carbocycles. The number of aryl methyl sites for hydroxylation is 1. The topological polar surface area (TPSA) is 88.5 Å². The molecule has 1 saturated carbocycles. The Bertz CT molecular complexity index is 1180. The molecule has 182 valence electrons. The number of hydrogen-bond acceptors (Lipinski definition) is 6. The van der Waals surface area contributed by atoms with E-state index in [1.54, 1.807) is 0 Å². The Kier molecular flexibility index (Phi) is 5.96. The number of amides is 1. The van der Waals surface area contributed by atoms with Crippen molar-refractivity contribution in [2.45, 2.75) is 58.0 Å². The van der Waals surface area contributed by atoms with Crippen molar-refractivity contribution in [2.75, 3.05) is 5.32 Å². The molecule has 2 aromatic heterocycles. The number of rotatable bonds is 4. The van der Waals surface area contributed by atoms with Gasteiger partial charge in [-0.15, -0.1) is 22.7 Å². The number of nitrogens with one attached hydrogen (secondary N) is 1. The van der Waals surface area contributed by atoms with Crippen molar-refractivity contribution >= 4 is 39.7 Å². The molecule has 6 rings (SSSR count). The summed E-state index contributed by atoms with van der Waals surface area (Å²) in [5.74, 6) is -1.81. The van der Waals surface area contributed by atoms with Crippen molar-refractivity contribution < 1.29 is 32.6 Å². The van der Waals surface area contributed by atoms with Crippen LogP contribution in [0.5, 0.6) is 0 Å². The van der Waals surface area contributed by atoms with Crippen molar-refractivity contribution in [3.8, 4) is 10.6 Å². The lowest BCUT2D eigenvalue weighted by atomic mass is 9.70. The quantitative estimate of drug-likeness (QED) is 0.453. The molecule has 4 aliphatic rings. The maximum absolute atomic E-state index is 13.4. The van der Waals surface area contributed by atoms with E-state index in [-0.39, 0.29) is 36.9 Å². The van der Waals surface area contributed by atoms with Crippen LogP contribution in [0, 0.1) is 24.7 Å². The highest BCUT2D eigenvalue weighted by atomic mass is 32.1. The molecular weight excluding hydrogens is 489 g/mol. The Hall–Kier alpha value is -2.40. The Balaban J connectivity index is 1.53. The summed E-state index contributed by atoms with van der Waals surface area (Å²) in [7, 11) is 0. The average Bonchev–Trinajstić information content (AvgIpc) is 3.35. The first-order valence-corrected chi connectivity index (χ1v) is 12.9. The van der Waals surface area contributed by atoms with Gasteiger partial charge in [0.1, 0.15) is 15.8 Å². The lowest BCUT2D eigenvalue weighted by Gasteiger charge is -2.37. The fraction of sp³-hybridized carbons (Fsp3) is 0.522. The zero-order valence-corrected chi connectivity index (χ0v) is 20.0. The normalized spacial score (nSPS) is 24.2. The molecule has 4 aliphatic carbocycles. The minimum Gasteiger partial charge on any atom is -0.449 e. The summed E-state index contributed by atoms with van der Waals surface area (Å²) in [6, 6.07) is 0. The molecule has 1 unspecified atom stereocenters. The molecule has 2 N–H and O–H groups in total. The number of anilines is 1. The summed E-state index contributed by atoms with van der Waals surface area (Å²) in [6.45, 7) is 1.84. The largest absolute Gasteiger partial charge is 0.511 e. The van der Waals surface area contributed by atoms with E-state index in [4.69, 9.17) is 4.74 Å². The summed E-state index contributed by atoms with van der Waals surface area (Å²) in [4.78, 5) is 29.9. The number of thiazole rings is 1. The van der Waals surface area contributed by atoms with Gasteiger partial charge in [0.25, 0.3) is 5.91 Å². The van der Waals surface area contributed by atoms with Crippen molar-refractivity contribution in [3.05, 3.63) is 32.8 Å². The maximum atomic E-state index is 13.4. The van der Waals surface area contributed by atoms with Gasteiger partial charge in [0.2, 0.25) is 0 Å². The first-order valence-electron chi connectivity index (χ1n) is 11.2. The Morgan fingerprint density at radius 2 is 1.88 bits per heavy atom. The van der Waals surface area contributed by atoms with Crippen LogP contribution in [-0.4, -0.2) is 28.3 Å². The number of carboxylic acid groups (broad SMARTS) is 1. The van der Waals surface area contributed by atoms with E-state index in [0.29, 0.717) is 26.0 Å². The zero-order valence-electron chi connectivity index (χ0n) is 18.3. The first kappa shape index (κ1) is 23.3. The van der Waals surface area contributed by atoms with E-state index in [0.717, 1.165) is 36.9 Å². The molecule has 0 radical (unpaired) electrons. The Labute approximate surface area is 201 Å². The molecule has 2 aromatic rings. The van der Waals surface area contributed by atoms with Crippen molar-refractivity contribution in [1.82, 2.24) is 4.98 Å². The third kappa shape index (κ3) is 4.24. The molecule has 11 heteroatoms. The molecule has 34 heavy (non-hydrogen) atoms. The molecule has 0 saturated heterocycles. The number of fused-ring (bicyclic) bond motifs is 3. The van der Waals surface area contributed by atoms with Gasteiger partial charge in [-0.2, -0.15) is 13.2 Å². The highest BCUT2D eigenvalue weighted by molar-refractivity contribution is 7.18. The number of halogens is 3. The second-order valence-corrected chi connectivity index (χ2v) is 11.1. The van der Waals surface area contributed by atoms with Gasteiger partial charge < -0.3 is 15.2 Å². The predicted octanol–water partition coefficient (Wildman–Crippen LogP) is 6.55. The Morgan fingerprint density at radius 1 is 1.18 bits per heavy atom. The number of thiophene rings is 1. The lowest BCUT2D eigenvalue weighted by Crippen LogP contribution is -2.34. The van der Waals surface area contributed by atoms with Gasteiger partial charge >= 0.3 is 12.3 Å². The van der Waals surface area contributed by atoms with Crippen LogP contribution >= 0.6 is 22.7 Å². The number of carbonyl (C=O) groups excluding carboxylic acids is 1. The molecule has 2 heterocycles. The number of nitrogens with zero attached hydrogens (tertiary/aromatic N) is 1. The minimum atomic E-state index is -4.27. The standard InChI is InChI=1S/C23H23F3N2O4S2/c1-10-9-33-20(27-10)17-14-7-6-13(23(24,25)26)8-15(14)34-21(17)28-19(29)16-11-2-4-12(5-3-11)18(16)32-22(30)31/h9,11-13H,2-8H2,1H3,(H,28,29)(H,30,31). The minimum absolute atomic E-state index is 0.00346. The number of allylic oxidation sites excluding steroid dienone is 1. The Morgan fingerprint density at radius 3 is 2.50 bits per heavy atom. The van der Waals surface area contributed by atoms with Crippen LogP contribution in [0.3, 0.4) is 0 Å². The first-order chi connectivity index (χ1) is 16.1. The number of alkyl halides is 3. The lowest BCUT2D eigenvalue weighted by molar-refractivity contribution is -0.176. The number of ether oxygens (including phenoxy) is 1. The highest BCUT2D eigenvalue weighted by Gasteiger charge is 2.44. The summed E-state index contributed by atoms with van der Waals surface area (Å²) in [5.41, 5.74) is 2.65. The van der Waals surface area contributed by atoms with Crippen molar-refractivity contribution in [1.29, 1.82) is 0 Å². The second-order valence-electron chi connectivity index (χ2n) is 9.13. The van der Waals surface area contributed by atoms with E-state index in [9.17, 15) is 27.9 Å². The number of hydrogen-bond donors (Lipinski definition) is 2. The van der Waals surface area contributed by atoms with E-state index in [1.165, 1.54) is 22.7 Å². The maximum Gasteiger partial charge on any atom is 0.511 e. The third-order valence-electron chi connectivity index (χ3n) is 7.00. The van der Waals surface area contributed by atoms with Crippen LogP contribution in [0.15, 0.2) is 16.7 Å². The number of carbonyl (C=O) groups is 2. The molecule has 6 nitrogen and oxygen atoms in total. The number of aromatic nitrogens is 1. The average molecular weight is 513 g/mol. The molecule has 1 fully saturated rings. The van der Waals surface area contributed by atoms with Gasteiger partial charge in [0, 0.05) is 27.4 Å². The highest BCUT2D eigenvalue weighted by Crippen LogP contribution is 2.50. The molecule has 2 bridgehead atoms. The van der Waals surface area contributed by atoms with Crippen molar-refractivity contribution in [2.24, 2.45) is 17.8 Å². The van der Waals surface area contributed by atoms with E-state index < -0.39 is 24.2 Å². The SMILES string of the molecule is Cc1csc(-c2c(NC(=O)C3=C(OC(=O)O)C4CCC3CC4)sc3c2CCC(C(F)(F)F)C3)n1. The van der Waals surface area contributed by atoms with Gasteiger partial charge in [0.15, 0.2) is 0 Å². The van der Waals surface area contributed by atoms with Gasteiger partial charge in [-0.05, 0) is 63.4 Å². The molecule has 1 atom stereocenters. The molecule has 0 aliphatic heterocycles. The van der Waals surface area contributed by atoms with Crippen LogP contribution in [-0.2, 0) is 22.4 Å². The van der Waals surface area contributed by atoms with Crippen LogP contribution in [0.4, 0.5) is 23.0 Å². The van der Waals surface area contributed by atoms with Gasteiger partial charge in [0.05, 0.1) is 11.5 Å². The van der Waals surface area contributed by atoms with Gasteiger partial charge in [-0.3, -0.25) is 4.79 Å². The zero-order chi connectivity index (χ0) is 24.2. The van der Waals surface area contributed by atoms with Crippen molar-refractivity contribution in [3.63, 3.8) is 0 Å². The van der Waals surface area contributed by atoms with Gasteiger partial charge in [-0.25, -0.2) is 9.78 Å². The molecular formula is C23H23F3N2O4S2. The van der Waals surface area contributed by atoms with E-state index >= 15 is 0 Å². The fourth-order valence-corrected chi connectivity index (χ4v) is 7.68. The fourth-order valence-electron chi connectivity index (χ4n) is 5.41. The van der Waals surface area contributed by atoms with E-state index in [2.05, 4.69) is 10.3 Å². The van der Waals surface area contributed by atoms with Crippen LogP contribution in [0.2, 0.25) is 0 Å². The summed E-state index contributed by atoms with van der Waals surface area (Å²) >= 11 is 2.56. The van der Waals surface area contributed by atoms with Crippen LogP contribution in [0.25, 0.3) is 10.6 Å². The summed E-state index contributed by atoms with van der Waals surface area (Å²) in [6.07, 6.45) is -2.43. The van der Waals surface area contributed by atoms with Gasteiger partial charge in [-0.1, -0.05) is 0 Å². The monoisotopic (exact) mass is 512 g/mol. The summed E-state index contributed by atoms with van der Waals surface area (Å²) in [5, 5.41) is 15.1. The third-order valence-corrected chi connectivity index (χ3v) is 9.15. The van der Waals surface area contributed by atoms with Crippen LogP contribution in [0.1, 0.15) is 48.2 Å². The smallest absolute Gasteiger partial charge is 0.449 e.